The molecule has 1 unspecified atom stereocenters. The lowest BCUT2D eigenvalue weighted by atomic mass is 10.1. The molecule has 0 fully saturated rings. The molecule has 8 heteroatoms. The van der Waals surface area contributed by atoms with Crippen LogP contribution in [0, 0.1) is 13.8 Å². The molecule has 0 saturated heterocycles. The van der Waals surface area contributed by atoms with Crippen LogP contribution in [-0.4, -0.2) is 44.0 Å². The van der Waals surface area contributed by atoms with Crippen LogP contribution in [-0.2, 0) is 17.3 Å². The molecule has 156 valence electrons. The number of hydrogen-bond acceptors (Lipinski definition) is 3. The van der Waals surface area contributed by atoms with Crippen molar-refractivity contribution in [3.8, 4) is 5.69 Å². The number of benzene rings is 1. The highest BCUT2D eigenvalue weighted by Gasteiger charge is 2.18. The minimum absolute atomic E-state index is 0. The molecule has 1 aromatic carbocycles. The molecule has 2 N–H and O–H groups in total. The third kappa shape index (κ3) is 6.88. The lowest BCUT2D eigenvalue weighted by Crippen LogP contribution is -2.40. The fraction of sp³-hybridized carbons (Fsp3) is 0.500. The van der Waals surface area contributed by atoms with Crippen LogP contribution in [0.2, 0.25) is 0 Å². The second-order valence-corrected chi connectivity index (χ2v) is 9.81. The van der Waals surface area contributed by atoms with Crippen LogP contribution in [0.4, 0.5) is 0 Å². The Morgan fingerprint density at radius 1 is 1.21 bits per heavy atom. The van der Waals surface area contributed by atoms with Crippen LogP contribution in [0.5, 0.6) is 0 Å². The largest absolute Gasteiger partial charge is 0.355 e. The van der Waals surface area contributed by atoms with Crippen molar-refractivity contribution in [1.82, 2.24) is 20.4 Å². The third-order valence-corrected chi connectivity index (χ3v) is 6.10. The first kappa shape index (κ1) is 24.6. The topological polar surface area (TPSA) is 71.3 Å². The fourth-order valence-electron chi connectivity index (χ4n) is 2.71. The van der Waals surface area contributed by atoms with Crippen LogP contribution in [0.15, 0.2) is 35.3 Å². The summed E-state index contributed by atoms with van der Waals surface area (Å²) in [7, 11) is 0.858. The van der Waals surface area contributed by atoms with Gasteiger partial charge in [0.25, 0.3) is 0 Å². The van der Waals surface area contributed by atoms with Gasteiger partial charge in [-0.2, -0.15) is 5.10 Å². The Balaban J connectivity index is 0.00000392. The first-order valence-electron chi connectivity index (χ1n) is 9.17. The SMILES string of the molecule is CN=C(NCCS(=O)C(C)(C)C)NCc1ccccc1-n1nc(C)cc1C.I. The van der Waals surface area contributed by atoms with Crippen molar-refractivity contribution in [2.45, 2.75) is 45.9 Å². The van der Waals surface area contributed by atoms with Gasteiger partial charge in [0.2, 0.25) is 0 Å². The van der Waals surface area contributed by atoms with Crippen molar-refractivity contribution in [2.75, 3.05) is 19.3 Å². The number of aryl methyl sites for hydroxylation is 2. The van der Waals surface area contributed by atoms with Gasteiger partial charge in [-0.3, -0.25) is 9.20 Å². The van der Waals surface area contributed by atoms with Gasteiger partial charge in [-0.05, 0) is 52.3 Å². The van der Waals surface area contributed by atoms with Gasteiger partial charge in [0.1, 0.15) is 0 Å². The van der Waals surface area contributed by atoms with E-state index in [4.69, 9.17) is 0 Å². The minimum atomic E-state index is -0.881. The molecule has 0 bridgehead atoms. The molecule has 0 aliphatic heterocycles. The Labute approximate surface area is 188 Å². The third-order valence-electron chi connectivity index (χ3n) is 4.16. The summed E-state index contributed by atoms with van der Waals surface area (Å²) < 4.78 is 13.9. The number of aromatic nitrogens is 2. The molecule has 0 aliphatic carbocycles. The van der Waals surface area contributed by atoms with E-state index in [0.717, 1.165) is 22.6 Å². The Hall–Kier alpha value is -1.42. The molecule has 0 spiro atoms. The molecular formula is C20H32IN5OS. The van der Waals surface area contributed by atoms with Gasteiger partial charge in [-0.15, -0.1) is 24.0 Å². The number of nitrogens with one attached hydrogen (secondary N) is 2. The van der Waals surface area contributed by atoms with Crippen LogP contribution < -0.4 is 10.6 Å². The molecule has 2 aromatic rings. The van der Waals surface area contributed by atoms with Crippen molar-refractivity contribution in [3.63, 3.8) is 0 Å². The second kappa shape index (κ2) is 10.9. The lowest BCUT2D eigenvalue weighted by molar-refractivity contribution is 0.647. The normalized spacial score (nSPS) is 13.0. The molecule has 6 nitrogen and oxygen atoms in total. The number of guanidine groups is 1. The predicted octanol–water partition coefficient (Wildman–Crippen LogP) is 3.32. The molecule has 0 aliphatic rings. The number of aliphatic imine (C=N–C) groups is 1. The standard InChI is InChI=1S/C20H31N5OS.HI/c1-15-13-16(2)25(24-15)18-10-8-7-9-17(18)14-23-19(21-6)22-11-12-27(26)20(3,4)5;/h7-10,13H,11-12,14H2,1-6H3,(H2,21,22,23);1H. The Bertz CT molecular complexity index is 826. The maximum Gasteiger partial charge on any atom is 0.191 e. The Morgan fingerprint density at radius 3 is 2.46 bits per heavy atom. The van der Waals surface area contributed by atoms with E-state index < -0.39 is 10.8 Å². The Morgan fingerprint density at radius 2 is 1.89 bits per heavy atom. The van der Waals surface area contributed by atoms with Crippen LogP contribution in [0.3, 0.4) is 0 Å². The fourth-order valence-corrected chi connectivity index (χ4v) is 3.61. The summed E-state index contributed by atoms with van der Waals surface area (Å²) in [6.07, 6.45) is 0. The highest BCUT2D eigenvalue weighted by molar-refractivity contribution is 14.0. The van der Waals surface area contributed by atoms with Gasteiger partial charge < -0.3 is 10.6 Å². The van der Waals surface area contributed by atoms with E-state index in [1.165, 1.54) is 0 Å². The van der Waals surface area contributed by atoms with Crippen molar-refractivity contribution in [3.05, 3.63) is 47.3 Å². The summed E-state index contributed by atoms with van der Waals surface area (Å²) in [5.74, 6) is 1.29. The lowest BCUT2D eigenvalue weighted by Gasteiger charge is -2.19. The van der Waals surface area contributed by atoms with Crippen LogP contribution >= 0.6 is 24.0 Å². The Kier molecular flexibility index (Phi) is 9.62. The second-order valence-electron chi connectivity index (χ2n) is 7.48. The van der Waals surface area contributed by atoms with Crippen molar-refractivity contribution in [1.29, 1.82) is 0 Å². The first-order valence-corrected chi connectivity index (χ1v) is 10.5. The average molecular weight is 517 g/mol. The molecular weight excluding hydrogens is 485 g/mol. The molecule has 1 heterocycles. The van der Waals surface area contributed by atoms with E-state index in [-0.39, 0.29) is 28.7 Å². The van der Waals surface area contributed by atoms with E-state index in [2.05, 4.69) is 45.8 Å². The average Bonchev–Trinajstić information content (AvgIpc) is 2.95. The zero-order valence-corrected chi connectivity index (χ0v) is 20.7. The predicted molar refractivity (Wildman–Crippen MR) is 129 cm³/mol. The summed E-state index contributed by atoms with van der Waals surface area (Å²) in [4.78, 5) is 4.26. The van der Waals surface area contributed by atoms with Gasteiger partial charge in [0, 0.05) is 47.1 Å². The zero-order chi connectivity index (χ0) is 20.0. The maximum absolute atomic E-state index is 12.2. The molecule has 0 radical (unpaired) electrons. The van der Waals surface area contributed by atoms with Gasteiger partial charge >= 0.3 is 0 Å². The molecule has 0 amide bonds. The van der Waals surface area contributed by atoms with Gasteiger partial charge in [0.05, 0.1) is 11.4 Å². The number of halogens is 1. The molecule has 1 aromatic heterocycles. The van der Waals surface area contributed by atoms with Gasteiger partial charge in [-0.1, -0.05) is 18.2 Å². The summed E-state index contributed by atoms with van der Waals surface area (Å²) in [5.41, 5.74) is 4.29. The van der Waals surface area contributed by atoms with E-state index >= 15 is 0 Å². The summed E-state index contributed by atoms with van der Waals surface area (Å²) in [5, 5.41) is 11.2. The van der Waals surface area contributed by atoms with Crippen LogP contribution in [0.25, 0.3) is 5.69 Å². The van der Waals surface area contributed by atoms with E-state index in [1.807, 2.05) is 44.5 Å². The quantitative estimate of drug-likeness (QED) is 0.351. The van der Waals surface area contributed by atoms with Crippen molar-refractivity contribution < 1.29 is 4.21 Å². The highest BCUT2D eigenvalue weighted by Crippen LogP contribution is 2.17. The van der Waals surface area contributed by atoms with Gasteiger partial charge in [-0.25, -0.2) is 4.68 Å². The van der Waals surface area contributed by atoms with Crippen LogP contribution in [0.1, 0.15) is 37.7 Å². The summed E-state index contributed by atoms with van der Waals surface area (Å²) in [6, 6.07) is 10.3. The van der Waals surface area contributed by atoms with Gasteiger partial charge in [0.15, 0.2) is 5.96 Å². The monoisotopic (exact) mass is 517 g/mol. The maximum atomic E-state index is 12.2. The highest BCUT2D eigenvalue weighted by atomic mass is 127. The number of rotatable bonds is 6. The van der Waals surface area contributed by atoms with E-state index in [9.17, 15) is 4.21 Å². The number of hydrogen-bond donors (Lipinski definition) is 2. The van der Waals surface area contributed by atoms with Crippen molar-refractivity contribution >= 4 is 40.7 Å². The smallest absolute Gasteiger partial charge is 0.191 e. The molecule has 0 saturated carbocycles. The number of nitrogens with zero attached hydrogens (tertiary/aromatic N) is 3. The summed E-state index contributed by atoms with van der Waals surface area (Å²) >= 11 is 0. The number of para-hydroxylation sites is 1. The molecule has 28 heavy (non-hydrogen) atoms. The van der Waals surface area contributed by atoms with E-state index in [1.54, 1.807) is 7.05 Å². The molecule has 1 atom stereocenters. The van der Waals surface area contributed by atoms with E-state index in [0.29, 0.717) is 24.8 Å². The summed E-state index contributed by atoms with van der Waals surface area (Å²) in [6.45, 7) is 11.3. The zero-order valence-electron chi connectivity index (χ0n) is 17.6. The minimum Gasteiger partial charge on any atom is -0.355 e. The first-order chi connectivity index (χ1) is 12.7. The molecule has 2 rings (SSSR count). The van der Waals surface area contributed by atoms with Crippen molar-refractivity contribution in [2.24, 2.45) is 4.99 Å².